The zero-order valence-electron chi connectivity index (χ0n) is 12.7. The standard InChI is InChI=1S/C16H20N2O5/c19-14(11-5-9-23-10-6-11)17-7-8-18-15(20)12-3-1-2-4-13(12)16(21)22/h1-4,11H,5-10H2,(H,17,19)(H,18,20)(H,21,22). The molecule has 0 bridgehead atoms. The van der Waals surface area contributed by atoms with Gasteiger partial charge in [-0.25, -0.2) is 4.79 Å². The molecule has 0 unspecified atom stereocenters. The number of aromatic carboxylic acids is 1. The zero-order chi connectivity index (χ0) is 16.7. The summed E-state index contributed by atoms with van der Waals surface area (Å²) in [5, 5.41) is 14.4. The minimum atomic E-state index is -1.15. The molecule has 0 radical (unpaired) electrons. The molecule has 1 aliphatic heterocycles. The summed E-state index contributed by atoms with van der Waals surface area (Å²) in [6.07, 6.45) is 1.42. The average molecular weight is 320 g/mol. The molecule has 1 saturated heterocycles. The molecule has 7 heteroatoms. The number of amides is 2. The number of carbonyl (C=O) groups is 3. The van der Waals surface area contributed by atoms with E-state index in [9.17, 15) is 14.4 Å². The van der Waals surface area contributed by atoms with Crippen molar-refractivity contribution in [2.75, 3.05) is 26.3 Å². The summed E-state index contributed by atoms with van der Waals surface area (Å²) in [6.45, 7) is 1.74. The number of benzene rings is 1. The number of nitrogens with one attached hydrogen (secondary N) is 2. The fourth-order valence-electron chi connectivity index (χ4n) is 2.43. The second kappa shape index (κ2) is 8.28. The highest BCUT2D eigenvalue weighted by molar-refractivity contribution is 6.04. The van der Waals surface area contributed by atoms with Crippen molar-refractivity contribution in [3.8, 4) is 0 Å². The van der Waals surface area contributed by atoms with E-state index in [4.69, 9.17) is 9.84 Å². The summed E-state index contributed by atoms with van der Waals surface area (Å²) in [4.78, 5) is 35.0. The number of hydrogen-bond donors (Lipinski definition) is 3. The van der Waals surface area contributed by atoms with E-state index in [0.29, 0.717) is 32.6 Å². The lowest BCUT2D eigenvalue weighted by Gasteiger charge is -2.21. The lowest BCUT2D eigenvalue weighted by Crippen LogP contribution is -2.39. The molecule has 23 heavy (non-hydrogen) atoms. The van der Waals surface area contributed by atoms with Gasteiger partial charge in [-0.1, -0.05) is 12.1 Å². The second-order valence-corrected chi connectivity index (χ2v) is 5.28. The Kier molecular flexibility index (Phi) is 6.10. The van der Waals surface area contributed by atoms with Gasteiger partial charge in [0.15, 0.2) is 0 Å². The molecule has 2 amide bonds. The summed E-state index contributed by atoms with van der Waals surface area (Å²) in [5.74, 6) is -1.69. The van der Waals surface area contributed by atoms with E-state index in [1.807, 2.05) is 0 Å². The van der Waals surface area contributed by atoms with Gasteiger partial charge in [0.25, 0.3) is 5.91 Å². The van der Waals surface area contributed by atoms with Crippen LogP contribution in [0.25, 0.3) is 0 Å². The van der Waals surface area contributed by atoms with E-state index >= 15 is 0 Å². The van der Waals surface area contributed by atoms with Crippen LogP contribution in [0, 0.1) is 5.92 Å². The summed E-state index contributed by atoms with van der Waals surface area (Å²) >= 11 is 0. The highest BCUT2D eigenvalue weighted by Gasteiger charge is 2.21. The zero-order valence-corrected chi connectivity index (χ0v) is 12.7. The maximum atomic E-state index is 12.0. The third-order valence-electron chi connectivity index (χ3n) is 3.70. The summed E-state index contributed by atoms with van der Waals surface area (Å²) in [7, 11) is 0. The topological polar surface area (TPSA) is 105 Å². The van der Waals surface area contributed by atoms with Gasteiger partial charge >= 0.3 is 5.97 Å². The normalized spacial score (nSPS) is 15.0. The van der Waals surface area contributed by atoms with Gasteiger partial charge in [0.05, 0.1) is 11.1 Å². The van der Waals surface area contributed by atoms with Crippen LogP contribution in [0.1, 0.15) is 33.6 Å². The van der Waals surface area contributed by atoms with E-state index in [1.165, 1.54) is 12.1 Å². The van der Waals surface area contributed by atoms with Gasteiger partial charge < -0.3 is 20.5 Å². The van der Waals surface area contributed by atoms with Crippen molar-refractivity contribution >= 4 is 17.8 Å². The smallest absolute Gasteiger partial charge is 0.336 e. The summed E-state index contributed by atoms with van der Waals surface area (Å²) in [6, 6.07) is 6.01. The molecule has 0 atom stereocenters. The van der Waals surface area contributed by atoms with Gasteiger partial charge in [0, 0.05) is 32.2 Å². The van der Waals surface area contributed by atoms with Gasteiger partial charge in [0.1, 0.15) is 0 Å². The van der Waals surface area contributed by atoms with Crippen LogP contribution in [-0.2, 0) is 9.53 Å². The van der Waals surface area contributed by atoms with Gasteiger partial charge in [-0.2, -0.15) is 0 Å². The monoisotopic (exact) mass is 320 g/mol. The Balaban J connectivity index is 1.77. The van der Waals surface area contributed by atoms with E-state index in [0.717, 1.165) is 0 Å². The molecule has 0 aliphatic carbocycles. The molecule has 0 aromatic heterocycles. The fraction of sp³-hybridized carbons (Fsp3) is 0.438. The fourth-order valence-corrected chi connectivity index (χ4v) is 2.43. The van der Waals surface area contributed by atoms with Crippen LogP contribution in [0.3, 0.4) is 0 Å². The van der Waals surface area contributed by atoms with Gasteiger partial charge in [-0.15, -0.1) is 0 Å². The Morgan fingerprint density at radius 3 is 2.30 bits per heavy atom. The SMILES string of the molecule is O=C(O)c1ccccc1C(=O)NCCNC(=O)C1CCOCC1. The van der Waals surface area contributed by atoms with E-state index in [-0.39, 0.29) is 29.5 Å². The maximum Gasteiger partial charge on any atom is 0.336 e. The molecule has 2 rings (SSSR count). The van der Waals surface area contributed by atoms with Crippen molar-refractivity contribution in [1.82, 2.24) is 10.6 Å². The van der Waals surface area contributed by atoms with Crippen molar-refractivity contribution in [2.24, 2.45) is 5.92 Å². The first-order valence-electron chi connectivity index (χ1n) is 7.55. The van der Waals surface area contributed by atoms with E-state index < -0.39 is 11.9 Å². The van der Waals surface area contributed by atoms with Crippen molar-refractivity contribution in [3.05, 3.63) is 35.4 Å². The Hall–Kier alpha value is -2.41. The largest absolute Gasteiger partial charge is 0.478 e. The minimum Gasteiger partial charge on any atom is -0.478 e. The predicted octanol–water partition coefficient (Wildman–Crippen LogP) is 0.657. The van der Waals surface area contributed by atoms with Crippen LogP contribution in [-0.4, -0.2) is 49.2 Å². The highest BCUT2D eigenvalue weighted by Crippen LogP contribution is 2.14. The van der Waals surface area contributed by atoms with Crippen LogP contribution in [0.2, 0.25) is 0 Å². The lowest BCUT2D eigenvalue weighted by atomic mass is 9.99. The number of hydrogen-bond acceptors (Lipinski definition) is 4. The predicted molar refractivity (Wildman–Crippen MR) is 82.3 cm³/mol. The quantitative estimate of drug-likeness (QED) is 0.668. The third-order valence-corrected chi connectivity index (χ3v) is 3.70. The van der Waals surface area contributed by atoms with Gasteiger partial charge in [-0.05, 0) is 25.0 Å². The molecular formula is C16H20N2O5. The van der Waals surface area contributed by atoms with Crippen molar-refractivity contribution in [3.63, 3.8) is 0 Å². The van der Waals surface area contributed by atoms with Crippen molar-refractivity contribution in [2.45, 2.75) is 12.8 Å². The minimum absolute atomic E-state index is 0.0338. The number of carboxylic acid groups (broad SMARTS) is 1. The molecular weight excluding hydrogens is 300 g/mol. The number of rotatable bonds is 6. The molecule has 3 N–H and O–H groups in total. The first-order valence-corrected chi connectivity index (χ1v) is 7.55. The molecule has 1 fully saturated rings. The molecule has 1 aromatic rings. The number of carbonyl (C=O) groups excluding carboxylic acids is 2. The first-order chi connectivity index (χ1) is 11.1. The third kappa shape index (κ3) is 4.79. The summed E-state index contributed by atoms with van der Waals surface area (Å²) < 4.78 is 5.20. The molecule has 7 nitrogen and oxygen atoms in total. The van der Waals surface area contributed by atoms with Crippen molar-refractivity contribution in [1.29, 1.82) is 0 Å². The van der Waals surface area contributed by atoms with Gasteiger partial charge in [-0.3, -0.25) is 9.59 Å². The Morgan fingerprint density at radius 1 is 1.04 bits per heavy atom. The van der Waals surface area contributed by atoms with E-state index in [2.05, 4.69) is 10.6 Å². The Labute approximate surface area is 134 Å². The highest BCUT2D eigenvalue weighted by atomic mass is 16.5. The van der Waals surface area contributed by atoms with E-state index in [1.54, 1.807) is 12.1 Å². The number of ether oxygens (including phenoxy) is 1. The van der Waals surface area contributed by atoms with Crippen LogP contribution >= 0.6 is 0 Å². The van der Waals surface area contributed by atoms with Crippen LogP contribution in [0.4, 0.5) is 0 Å². The molecule has 1 heterocycles. The Bertz CT molecular complexity index is 582. The maximum absolute atomic E-state index is 12.0. The van der Waals surface area contributed by atoms with Crippen molar-refractivity contribution < 1.29 is 24.2 Å². The number of carboxylic acids is 1. The lowest BCUT2D eigenvalue weighted by molar-refractivity contribution is -0.127. The van der Waals surface area contributed by atoms with Crippen LogP contribution in [0.5, 0.6) is 0 Å². The molecule has 0 saturated carbocycles. The van der Waals surface area contributed by atoms with Crippen LogP contribution < -0.4 is 10.6 Å². The summed E-state index contributed by atoms with van der Waals surface area (Å²) in [5.41, 5.74) is 0.0620. The first kappa shape index (κ1) is 17.0. The molecule has 1 aliphatic rings. The molecule has 1 aromatic carbocycles. The Morgan fingerprint density at radius 2 is 1.65 bits per heavy atom. The molecule has 0 spiro atoms. The van der Waals surface area contributed by atoms with Gasteiger partial charge in [0.2, 0.25) is 5.91 Å². The second-order valence-electron chi connectivity index (χ2n) is 5.28. The van der Waals surface area contributed by atoms with Crippen LogP contribution in [0.15, 0.2) is 24.3 Å². The average Bonchev–Trinajstić information content (AvgIpc) is 2.59. The molecule has 124 valence electrons.